The summed E-state index contributed by atoms with van der Waals surface area (Å²) in [6, 6.07) is 0. The van der Waals surface area contributed by atoms with Crippen molar-refractivity contribution in [2.24, 2.45) is 0 Å². The summed E-state index contributed by atoms with van der Waals surface area (Å²) in [5.41, 5.74) is 0. The molecule has 0 amide bonds. The molecule has 0 aromatic heterocycles. The van der Waals surface area contributed by atoms with Crippen molar-refractivity contribution in [1.29, 1.82) is 0 Å². The molecule has 0 atom stereocenters. The summed E-state index contributed by atoms with van der Waals surface area (Å²) in [6.45, 7) is 2.47. The average Bonchev–Trinajstić information content (AvgIpc) is 2.16. The van der Waals surface area contributed by atoms with E-state index in [1.165, 1.54) is 13.8 Å². The van der Waals surface area contributed by atoms with E-state index in [1.807, 2.05) is 0 Å². The van der Waals surface area contributed by atoms with Crippen molar-refractivity contribution in [3.05, 3.63) is 0 Å². The number of carbonyl (C=O) groups is 4. The molecule has 0 saturated carbocycles. The third-order valence-corrected chi connectivity index (χ3v) is 0.990. The van der Waals surface area contributed by atoms with Crippen LogP contribution in [0.25, 0.3) is 0 Å². The first-order chi connectivity index (χ1) is 7.33. The summed E-state index contributed by atoms with van der Waals surface area (Å²) in [4.78, 5) is 46.3. The van der Waals surface area contributed by atoms with Gasteiger partial charge in [0.05, 0.1) is 0 Å². The fourth-order valence-electron chi connectivity index (χ4n) is 0.471. The quantitative estimate of drug-likeness (QED) is 0.318. The van der Waals surface area contributed by atoms with E-state index in [-0.39, 0.29) is 46.1 Å². The number of hydrogen-bond acceptors (Lipinski definition) is 8. The predicted molar refractivity (Wildman–Crippen MR) is 48.0 cm³/mol. The molecule has 17 heavy (non-hydrogen) atoms. The predicted octanol–water partition coefficient (Wildman–Crippen LogP) is -0.0391. The molecule has 0 rings (SSSR count). The van der Waals surface area contributed by atoms with Crippen molar-refractivity contribution in [3.63, 3.8) is 0 Å². The number of Topliss-reactive ketones (excluding diaryl/α,β-unsaturated/α-hetero) is 2. The molecule has 0 heterocycles. The van der Waals surface area contributed by atoms with Crippen LogP contribution >= 0.6 is 0 Å². The Labute approximate surface area is 112 Å². The van der Waals surface area contributed by atoms with Crippen molar-refractivity contribution in [2.75, 3.05) is 0 Å². The maximum Gasteiger partial charge on any atom is 0.349 e. The number of carbonyl (C=O) groups excluding carboxylic acids is 4. The molecule has 0 unspecified atom stereocenters. The number of hydrogen-bond donors (Lipinski definition) is 2. The normalized spacial score (nSPS) is 7.76. The molecule has 0 saturated heterocycles. The molecule has 0 radical (unpaired) electrons. The van der Waals surface area contributed by atoms with Crippen LogP contribution < -0.4 is 0 Å². The van der Waals surface area contributed by atoms with Crippen molar-refractivity contribution in [3.8, 4) is 0 Å². The topological polar surface area (TPSA) is 127 Å². The minimum absolute atomic E-state index is 0. The second kappa shape index (κ2) is 13.0. The smallest absolute Gasteiger partial charge is 0.301 e. The van der Waals surface area contributed by atoms with E-state index in [0.717, 1.165) is 0 Å². The summed E-state index contributed by atoms with van der Waals surface area (Å²) in [5.74, 6) is -2.50. The molecule has 0 fully saturated rings. The molecule has 8 nitrogen and oxygen atoms in total. The maximum absolute atomic E-state index is 10.0. The van der Waals surface area contributed by atoms with Gasteiger partial charge in [-0.05, 0) is 13.8 Å². The minimum atomic E-state index is -0.919. The number of rotatable bonds is 4. The summed E-state index contributed by atoms with van der Waals surface area (Å²) in [5, 5.41) is 15.2. The van der Waals surface area contributed by atoms with E-state index in [4.69, 9.17) is 10.5 Å². The largest absolute Gasteiger partial charge is 0.349 e. The zero-order chi connectivity index (χ0) is 13.1. The van der Waals surface area contributed by atoms with Gasteiger partial charge < -0.3 is 9.78 Å². The zero-order valence-corrected chi connectivity index (χ0v) is 10.8. The fraction of sp³-hybridized carbons (Fsp3) is 0.500. The molecule has 0 aromatic carbocycles. The zero-order valence-electron chi connectivity index (χ0n) is 9.26. The average molecular weight is 284 g/mol. The van der Waals surface area contributed by atoms with Crippen LogP contribution in [-0.4, -0.2) is 34.0 Å². The van der Waals surface area contributed by atoms with Crippen LogP contribution in [0.3, 0.4) is 0 Å². The Hall–Kier alpha value is -1.09. The van der Waals surface area contributed by atoms with Gasteiger partial charge in [-0.25, -0.2) is 9.59 Å². The Bertz CT molecular complexity index is 247. The molecule has 0 aliphatic carbocycles. The van der Waals surface area contributed by atoms with E-state index < -0.39 is 11.9 Å². The Morgan fingerprint density at radius 1 is 0.824 bits per heavy atom. The molecule has 9 heteroatoms. The standard InChI is InChI=1S/2C4H6O4.Ti/c2*1-3(5)2-4(6)8-7;/h2*7H,2H2,1H3;. The molecule has 0 spiro atoms. The summed E-state index contributed by atoms with van der Waals surface area (Å²) < 4.78 is 0. The second-order valence-electron chi connectivity index (χ2n) is 2.68. The maximum atomic E-state index is 10.0. The van der Waals surface area contributed by atoms with Gasteiger partial charge >= 0.3 is 11.9 Å². The van der Waals surface area contributed by atoms with Crippen LogP contribution in [0.2, 0.25) is 0 Å². The van der Waals surface area contributed by atoms with Crippen LogP contribution in [0, 0.1) is 0 Å². The Morgan fingerprint density at radius 2 is 1.06 bits per heavy atom. The van der Waals surface area contributed by atoms with E-state index in [2.05, 4.69) is 9.78 Å². The van der Waals surface area contributed by atoms with E-state index in [9.17, 15) is 19.2 Å². The van der Waals surface area contributed by atoms with E-state index in [1.54, 1.807) is 0 Å². The van der Waals surface area contributed by atoms with Gasteiger partial charge in [0.15, 0.2) is 0 Å². The van der Waals surface area contributed by atoms with Gasteiger partial charge in [-0.1, -0.05) is 0 Å². The van der Waals surface area contributed by atoms with Crippen molar-refractivity contribution >= 4 is 23.5 Å². The molecule has 2 N–H and O–H groups in total. The first kappa shape index (κ1) is 21.2. The van der Waals surface area contributed by atoms with Gasteiger partial charge in [-0.15, -0.1) is 0 Å². The van der Waals surface area contributed by atoms with Gasteiger partial charge in [0.1, 0.15) is 24.4 Å². The first-order valence-electron chi connectivity index (χ1n) is 4.00. The fourth-order valence-corrected chi connectivity index (χ4v) is 0.471. The van der Waals surface area contributed by atoms with Gasteiger partial charge in [0, 0.05) is 21.7 Å². The summed E-state index contributed by atoms with van der Waals surface area (Å²) in [6.07, 6.45) is -0.729. The first-order valence-corrected chi connectivity index (χ1v) is 4.00. The summed E-state index contributed by atoms with van der Waals surface area (Å²) in [7, 11) is 0. The molecule has 96 valence electrons. The van der Waals surface area contributed by atoms with Gasteiger partial charge in [-0.3, -0.25) is 9.59 Å². The molecule has 0 aromatic rings. The van der Waals surface area contributed by atoms with Gasteiger partial charge in [0.2, 0.25) is 0 Å². The SMILES string of the molecule is CC(=O)CC(=O)OO.CC(=O)CC(=O)OO.[Ti]. The van der Waals surface area contributed by atoms with Gasteiger partial charge in [-0.2, -0.15) is 10.5 Å². The van der Waals surface area contributed by atoms with E-state index in [0.29, 0.717) is 0 Å². The van der Waals surface area contributed by atoms with Gasteiger partial charge in [0.25, 0.3) is 0 Å². The third kappa shape index (κ3) is 20.9. The monoisotopic (exact) mass is 284 g/mol. The molecular formula is C8H12O8Ti. The van der Waals surface area contributed by atoms with Crippen LogP contribution in [-0.2, 0) is 50.7 Å². The van der Waals surface area contributed by atoms with Crippen molar-refractivity contribution in [1.82, 2.24) is 0 Å². The second-order valence-corrected chi connectivity index (χ2v) is 2.68. The Kier molecular flexibility index (Phi) is 16.2. The number of ketones is 2. The third-order valence-electron chi connectivity index (χ3n) is 0.990. The summed E-state index contributed by atoms with van der Waals surface area (Å²) >= 11 is 0. The van der Waals surface area contributed by atoms with E-state index >= 15 is 0 Å². The van der Waals surface area contributed by atoms with Crippen LogP contribution in [0.1, 0.15) is 26.7 Å². The van der Waals surface area contributed by atoms with Crippen molar-refractivity contribution in [2.45, 2.75) is 26.7 Å². The molecule has 0 aliphatic heterocycles. The Morgan fingerprint density at radius 3 is 1.12 bits per heavy atom. The van der Waals surface area contributed by atoms with Crippen LogP contribution in [0.5, 0.6) is 0 Å². The van der Waals surface area contributed by atoms with Crippen LogP contribution in [0.4, 0.5) is 0 Å². The van der Waals surface area contributed by atoms with Crippen LogP contribution in [0.15, 0.2) is 0 Å². The molecule has 0 aliphatic rings. The molecule has 0 bridgehead atoms. The minimum Gasteiger partial charge on any atom is -0.301 e. The Balaban J connectivity index is -0.000000218. The molecular weight excluding hydrogens is 272 g/mol. The van der Waals surface area contributed by atoms with Crippen molar-refractivity contribution < 1.29 is 61.2 Å².